The zero-order chi connectivity index (χ0) is 20.9. The third-order valence-electron chi connectivity index (χ3n) is 5.53. The third kappa shape index (κ3) is 3.10. The molecule has 1 fully saturated rings. The molecule has 1 saturated heterocycles. The lowest BCUT2D eigenvalue weighted by Gasteiger charge is -2.25. The van der Waals surface area contributed by atoms with Crippen LogP contribution in [0.25, 0.3) is 11.0 Å². The topological polar surface area (TPSA) is 81.4 Å². The molecular formula is C20H20FN3O4S. The van der Waals surface area contributed by atoms with E-state index in [9.17, 15) is 22.4 Å². The number of sulfonamides is 1. The molecule has 0 unspecified atom stereocenters. The summed E-state index contributed by atoms with van der Waals surface area (Å²) in [4.78, 5) is 24.2. The molecule has 29 heavy (non-hydrogen) atoms. The molecule has 2 heterocycles. The first-order chi connectivity index (χ1) is 13.7. The molecule has 1 aliphatic rings. The molecule has 0 saturated carbocycles. The van der Waals surface area contributed by atoms with E-state index in [2.05, 4.69) is 0 Å². The molecular weight excluding hydrogens is 397 g/mol. The van der Waals surface area contributed by atoms with Crippen LogP contribution in [-0.2, 0) is 24.1 Å². The Morgan fingerprint density at radius 3 is 2.21 bits per heavy atom. The fourth-order valence-electron chi connectivity index (χ4n) is 3.90. The van der Waals surface area contributed by atoms with Crippen molar-refractivity contribution in [1.82, 2.24) is 13.4 Å². The summed E-state index contributed by atoms with van der Waals surface area (Å²) in [5.74, 6) is -0.373. The Hall–Kier alpha value is -2.78. The van der Waals surface area contributed by atoms with Gasteiger partial charge >= 0.3 is 11.1 Å². The summed E-state index contributed by atoms with van der Waals surface area (Å²) in [6.07, 6.45) is 1.34. The lowest BCUT2D eigenvalue weighted by atomic mass is 10.1. The van der Waals surface area contributed by atoms with Gasteiger partial charge in [-0.05, 0) is 48.7 Å². The van der Waals surface area contributed by atoms with E-state index in [0.717, 1.165) is 10.1 Å². The maximum atomic E-state index is 13.4. The molecule has 0 N–H and O–H groups in total. The van der Waals surface area contributed by atoms with E-state index in [1.165, 1.54) is 53.3 Å². The van der Waals surface area contributed by atoms with Gasteiger partial charge in [0.05, 0.1) is 22.0 Å². The average Bonchev–Trinajstić information content (AvgIpc) is 3.21. The van der Waals surface area contributed by atoms with Gasteiger partial charge in [0.15, 0.2) is 0 Å². The number of hydrogen-bond acceptors (Lipinski definition) is 4. The molecule has 152 valence electrons. The highest BCUT2D eigenvalue weighted by Gasteiger charge is 2.36. The van der Waals surface area contributed by atoms with Crippen LogP contribution in [0.3, 0.4) is 0 Å². The molecule has 1 aromatic heterocycles. The van der Waals surface area contributed by atoms with Crippen LogP contribution in [0.5, 0.6) is 0 Å². The van der Waals surface area contributed by atoms with Gasteiger partial charge in [0, 0.05) is 20.6 Å². The Balaban J connectivity index is 1.83. The van der Waals surface area contributed by atoms with Gasteiger partial charge in [-0.3, -0.25) is 9.59 Å². The van der Waals surface area contributed by atoms with E-state index in [1.54, 1.807) is 12.1 Å². The number of rotatable bonds is 3. The summed E-state index contributed by atoms with van der Waals surface area (Å²) in [5, 5.41) is 0. The van der Waals surface area contributed by atoms with E-state index in [-0.39, 0.29) is 16.8 Å². The average molecular weight is 417 g/mol. The molecule has 1 atom stereocenters. The Morgan fingerprint density at radius 2 is 1.55 bits per heavy atom. The Bertz CT molecular complexity index is 1330. The number of benzene rings is 2. The van der Waals surface area contributed by atoms with Gasteiger partial charge in [-0.15, -0.1) is 0 Å². The number of hydrogen-bond donors (Lipinski definition) is 0. The molecule has 7 nitrogen and oxygen atoms in total. The first-order valence-corrected chi connectivity index (χ1v) is 10.6. The fourth-order valence-corrected chi connectivity index (χ4v) is 5.61. The summed E-state index contributed by atoms with van der Waals surface area (Å²) in [6.45, 7) is 0.356. The van der Waals surface area contributed by atoms with Gasteiger partial charge in [0.2, 0.25) is 10.0 Å². The Morgan fingerprint density at radius 1 is 0.931 bits per heavy atom. The lowest BCUT2D eigenvalue weighted by Crippen LogP contribution is -2.39. The highest BCUT2D eigenvalue weighted by Crippen LogP contribution is 2.36. The second-order valence-corrected chi connectivity index (χ2v) is 9.09. The molecule has 2 aromatic carbocycles. The second kappa shape index (κ2) is 6.93. The van der Waals surface area contributed by atoms with Crippen molar-refractivity contribution in [3.63, 3.8) is 0 Å². The zero-order valence-electron chi connectivity index (χ0n) is 16.0. The molecule has 4 rings (SSSR count). The zero-order valence-corrected chi connectivity index (χ0v) is 16.8. The highest BCUT2D eigenvalue weighted by atomic mass is 32.2. The first-order valence-electron chi connectivity index (χ1n) is 9.19. The second-order valence-electron chi connectivity index (χ2n) is 7.20. The summed E-state index contributed by atoms with van der Waals surface area (Å²) >= 11 is 0. The van der Waals surface area contributed by atoms with Crippen LogP contribution in [0.2, 0.25) is 0 Å². The standard InChI is InChI=1S/C20H20FN3O4S/c1-22-17-10-9-15(12-18(17)23(2)20(26)19(22)25)29(27,28)24-11-3-4-16(24)13-5-7-14(21)8-6-13/h5-10,12,16H,3-4,11H2,1-2H3/t16-/m1/s1. The third-order valence-corrected chi connectivity index (χ3v) is 7.43. The van der Waals surface area contributed by atoms with Gasteiger partial charge in [-0.1, -0.05) is 12.1 Å². The minimum atomic E-state index is -3.85. The van der Waals surface area contributed by atoms with Crippen LogP contribution in [-0.4, -0.2) is 28.4 Å². The van der Waals surface area contributed by atoms with Gasteiger partial charge < -0.3 is 9.13 Å². The van der Waals surface area contributed by atoms with Crippen molar-refractivity contribution in [3.05, 3.63) is 74.6 Å². The van der Waals surface area contributed by atoms with E-state index in [4.69, 9.17) is 0 Å². The predicted octanol–water partition coefficient (Wildman–Crippen LogP) is 1.90. The minimum absolute atomic E-state index is 0.0488. The Labute approximate surface area is 166 Å². The lowest BCUT2D eigenvalue weighted by molar-refractivity contribution is 0.396. The maximum Gasteiger partial charge on any atom is 0.316 e. The molecule has 0 amide bonds. The molecule has 0 radical (unpaired) electrons. The molecule has 0 spiro atoms. The first kappa shape index (κ1) is 19.5. The van der Waals surface area contributed by atoms with Crippen molar-refractivity contribution in [2.75, 3.05) is 6.54 Å². The van der Waals surface area contributed by atoms with E-state index < -0.39 is 21.1 Å². The van der Waals surface area contributed by atoms with Crippen LogP contribution >= 0.6 is 0 Å². The SMILES string of the molecule is Cn1c(=O)c(=O)n(C)c2cc(S(=O)(=O)N3CCC[C@@H]3c3ccc(F)cc3)ccc21. The van der Waals surface area contributed by atoms with E-state index in [0.29, 0.717) is 30.4 Å². The van der Waals surface area contributed by atoms with Crippen molar-refractivity contribution in [3.8, 4) is 0 Å². The normalized spacial score (nSPS) is 17.8. The van der Waals surface area contributed by atoms with Crippen LogP contribution in [0.1, 0.15) is 24.4 Å². The van der Waals surface area contributed by atoms with Crippen molar-refractivity contribution in [2.24, 2.45) is 14.1 Å². The molecule has 1 aliphatic heterocycles. The predicted molar refractivity (Wildman–Crippen MR) is 107 cm³/mol. The van der Waals surface area contributed by atoms with Crippen molar-refractivity contribution >= 4 is 21.1 Å². The molecule has 9 heteroatoms. The van der Waals surface area contributed by atoms with Crippen molar-refractivity contribution in [2.45, 2.75) is 23.8 Å². The number of nitrogens with zero attached hydrogens (tertiary/aromatic N) is 3. The smallest absolute Gasteiger partial charge is 0.305 e. The van der Waals surface area contributed by atoms with Gasteiger partial charge in [-0.25, -0.2) is 12.8 Å². The van der Waals surface area contributed by atoms with Crippen LogP contribution in [0.4, 0.5) is 4.39 Å². The van der Waals surface area contributed by atoms with Crippen LogP contribution in [0.15, 0.2) is 56.9 Å². The summed E-state index contributed by atoms with van der Waals surface area (Å²) in [5.41, 5.74) is 0.165. The quantitative estimate of drug-likeness (QED) is 0.610. The fraction of sp³-hybridized carbons (Fsp3) is 0.300. The molecule has 3 aromatic rings. The van der Waals surface area contributed by atoms with Crippen LogP contribution < -0.4 is 11.1 Å². The minimum Gasteiger partial charge on any atom is -0.305 e. The summed E-state index contributed by atoms with van der Waals surface area (Å²) in [7, 11) is -0.932. The van der Waals surface area contributed by atoms with Gasteiger partial charge in [0.1, 0.15) is 5.82 Å². The highest BCUT2D eigenvalue weighted by molar-refractivity contribution is 7.89. The number of aromatic nitrogens is 2. The maximum absolute atomic E-state index is 13.4. The largest absolute Gasteiger partial charge is 0.316 e. The van der Waals surface area contributed by atoms with Crippen LogP contribution in [0, 0.1) is 5.82 Å². The molecule has 0 bridgehead atoms. The summed E-state index contributed by atoms with van der Waals surface area (Å²) in [6, 6.07) is 9.89. The van der Waals surface area contributed by atoms with Crippen molar-refractivity contribution in [1.29, 1.82) is 0 Å². The van der Waals surface area contributed by atoms with E-state index in [1.807, 2.05) is 0 Å². The summed E-state index contributed by atoms with van der Waals surface area (Å²) < 4.78 is 43.8. The number of aryl methyl sites for hydroxylation is 2. The Kier molecular flexibility index (Phi) is 4.66. The number of fused-ring (bicyclic) bond motifs is 1. The van der Waals surface area contributed by atoms with Gasteiger partial charge in [-0.2, -0.15) is 4.31 Å². The van der Waals surface area contributed by atoms with Gasteiger partial charge in [0.25, 0.3) is 0 Å². The van der Waals surface area contributed by atoms with E-state index >= 15 is 0 Å². The molecule has 0 aliphatic carbocycles. The number of halogens is 1. The van der Waals surface area contributed by atoms with Crippen molar-refractivity contribution < 1.29 is 12.8 Å². The monoisotopic (exact) mass is 417 g/mol.